The van der Waals surface area contributed by atoms with Crippen LogP contribution in [0.4, 0.5) is 15.8 Å². The lowest BCUT2D eigenvalue weighted by Crippen LogP contribution is -2.42. The SMILES string of the molecule is C=N/C(=C\C=Nc1ccc(S(=C)(=O)N2CCCC(CNCc3cnccn3)C2)cc1)Nc1ccc(F)c(C)c1. The molecule has 1 aliphatic rings. The Kier molecular flexibility index (Phi) is 9.69. The van der Waals surface area contributed by atoms with Crippen LogP contribution in [0.15, 0.2) is 87.8 Å². The Morgan fingerprint density at radius 3 is 2.79 bits per heavy atom. The van der Waals surface area contributed by atoms with Crippen molar-refractivity contribution in [1.29, 1.82) is 0 Å². The van der Waals surface area contributed by atoms with Crippen molar-refractivity contribution in [2.75, 3.05) is 25.0 Å². The Balaban J connectivity index is 1.33. The highest BCUT2D eigenvalue weighted by molar-refractivity contribution is 7.98. The molecule has 39 heavy (non-hydrogen) atoms. The van der Waals surface area contributed by atoms with Crippen LogP contribution in [0.2, 0.25) is 0 Å². The third-order valence-electron chi connectivity index (χ3n) is 6.52. The molecule has 2 aromatic carbocycles. The van der Waals surface area contributed by atoms with Crippen LogP contribution in [0.5, 0.6) is 0 Å². The maximum Gasteiger partial charge on any atom is 0.131 e. The smallest absolute Gasteiger partial charge is 0.131 e. The fourth-order valence-electron chi connectivity index (χ4n) is 4.38. The van der Waals surface area contributed by atoms with Gasteiger partial charge < -0.3 is 10.6 Å². The van der Waals surface area contributed by atoms with Crippen LogP contribution in [-0.2, 0) is 16.3 Å². The van der Waals surface area contributed by atoms with Crippen LogP contribution in [0, 0.1) is 18.7 Å². The molecule has 0 aliphatic carbocycles. The third-order valence-corrected chi connectivity index (χ3v) is 8.69. The van der Waals surface area contributed by atoms with E-state index in [-0.39, 0.29) is 5.82 Å². The van der Waals surface area contributed by atoms with Gasteiger partial charge in [-0.3, -0.25) is 15.0 Å². The van der Waals surface area contributed by atoms with Crippen LogP contribution in [0.1, 0.15) is 24.1 Å². The number of aryl methyl sites for hydroxylation is 1. The fourth-order valence-corrected chi connectivity index (χ4v) is 6.11. The quantitative estimate of drug-likeness (QED) is 0.266. The van der Waals surface area contributed by atoms with E-state index in [9.17, 15) is 8.60 Å². The Bertz CT molecular complexity index is 1420. The van der Waals surface area contributed by atoms with E-state index >= 15 is 0 Å². The van der Waals surface area contributed by atoms with Crippen molar-refractivity contribution in [3.63, 3.8) is 0 Å². The van der Waals surface area contributed by atoms with Crippen LogP contribution in [0.3, 0.4) is 0 Å². The highest BCUT2D eigenvalue weighted by Gasteiger charge is 2.26. The van der Waals surface area contributed by atoms with Gasteiger partial charge in [0.2, 0.25) is 0 Å². The molecule has 10 heteroatoms. The van der Waals surface area contributed by atoms with E-state index in [1.807, 2.05) is 28.6 Å². The van der Waals surface area contributed by atoms with Gasteiger partial charge in [0, 0.05) is 55.0 Å². The summed E-state index contributed by atoms with van der Waals surface area (Å²) in [7, 11) is -2.61. The molecule has 2 heterocycles. The summed E-state index contributed by atoms with van der Waals surface area (Å²) in [6.45, 7) is 8.23. The van der Waals surface area contributed by atoms with Gasteiger partial charge in [0.25, 0.3) is 0 Å². The lowest BCUT2D eigenvalue weighted by atomic mass is 10.00. The molecule has 0 radical (unpaired) electrons. The number of anilines is 1. The Morgan fingerprint density at radius 1 is 1.26 bits per heavy atom. The highest BCUT2D eigenvalue weighted by Crippen LogP contribution is 2.25. The summed E-state index contributed by atoms with van der Waals surface area (Å²) < 4.78 is 29.2. The number of benzene rings is 2. The van der Waals surface area contributed by atoms with Crippen LogP contribution in [-0.4, -0.2) is 56.9 Å². The summed E-state index contributed by atoms with van der Waals surface area (Å²) in [6, 6.07) is 12.0. The molecule has 1 saturated heterocycles. The van der Waals surface area contributed by atoms with Gasteiger partial charge in [-0.2, -0.15) is 0 Å². The molecule has 8 nitrogen and oxygen atoms in total. The second-order valence-corrected chi connectivity index (χ2v) is 11.7. The topological polar surface area (TPSA) is 94.9 Å². The van der Waals surface area contributed by atoms with Crippen molar-refractivity contribution in [3.05, 3.63) is 90.0 Å². The predicted octanol–water partition coefficient (Wildman–Crippen LogP) is 4.77. The number of nitrogens with one attached hydrogen (secondary N) is 2. The minimum absolute atomic E-state index is 0.263. The normalized spacial score (nSPS) is 18.1. The van der Waals surface area contributed by atoms with Gasteiger partial charge in [0.15, 0.2) is 0 Å². The molecule has 4 rings (SSSR count). The molecule has 3 aromatic rings. The van der Waals surface area contributed by atoms with Crippen molar-refractivity contribution in [1.82, 2.24) is 19.6 Å². The monoisotopic (exact) mass is 547 g/mol. The number of aromatic nitrogens is 2. The molecule has 0 amide bonds. The second-order valence-electron chi connectivity index (χ2n) is 9.44. The summed E-state index contributed by atoms with van der Waals surface area (Å²) >= 11 is 0. The lowest BCUT2D eigenvalue weighted by molar-refractivity contribution is 0.268. The maximum absolute atomic E-state index is 13.7. The summed E-state index contributed by atoms with van der Waals surface area (Å²) in [6.07, 6.45) is 10.4. The maximum atomic E-state index is 13.7. The van der Waals surface area contributed by atoms with Crippen molar-refractivity contribution in [3.8, 4) is 0 Å². The number of nitrogens with zero attached hydrogens (tertiary/aromatic N) is 5. The first kappa shape index (κ1) is 28.3. The number of allylic oxidation sites excluding steroid dienone is 1. The Hall–Kier alpha value is -3.73. The minimum Gasteiger partial charge on any atom is -0.340 e. The fraction of sp³-hybridized carbons (Fsp3) is 0.276. The van der Waals surface area contributed by atoms with Gasteiger partial charge in [-0.25, -0.2) is 17.9 Å². The molecule has 2 atom stereocenters. The summed E-state index contributed by atoms with van der Waals surface area (Å²) in [4.78, 5) is 17.5. The molecule has 1 fully saturated rings. The standard InChI is InChI=1S/C29H34FN7OS/c1-22-17-25(8-11-28(22)30)36-29(31-2)12-13-34-24-6-9-27(10-7-24)39(3,38)37-16-4-5-23(21-37)18-33-20-26-19-32-14-15-35-26/h6-15,17,19,23,33,36H,2-5,16,18,20-21H2,1H3/b29-12+,34-13?. The molecule has 0 bridgehead atoms. The molecule has 204 valence electrons. The van der Waals surface area contributed by atoms with Crippen LogP contribution in [0.25, 0.3) is 0 Å². The van der Waals surface area contributed by atoms with E-state index in [1.54, 1.807) is 49.9 Å². The minimum atomic E-state index is -2.61. The third kappa shape index (κ3) is 7.89. The van der Waals surface area contributed by atoms with Gasteiger partial charge in [-0.05, 0) is 98.9 Å². The van der Waals surface area contributed by atoms with Crippen molar-refractivity contribution in [2.24, 2.45) is 15.9 Å². The van der Waals surface area contributed by atoms with E-state index in [1.165, 1.54) is 6.07 Å². The number of aliphatic imine (C=N–C) groups is 2. The van der Waals surface area contributed by atoms with Gasteiger partial charge in [-0.15, -0.1) is 0 Å². The van der Waals surface area contributed by atoms with E-state index < -0.39 is 9.71 Å². The number of rotatable bonds is 11. The first-order valence-electron chi connectivity index (χ1n) is 12.8. The van der Waals surface area contributed by atoms with Gasteiger partial charge in [0.05, 0.1) is 21.1 Å². The highest BCUT2D eigenvalue weighted by atomic mass is 32.2. The molecule has 1 aromatic heterocycles. The molecule has 0 saturated carbocycles. The largest absolute Gasteiger partial charge is 0.340 e. The van der Waals surface area contributed by atoms with E-state index in [0.29, 0.717) is 40.1 Å². The van der Waals surface area contributed by atoms with Crippen LogP contribution >= 0.6 is 0 Å². The lowest BCUT2D eigenvalue weighted by Gasteiger charge is -2.35. The van der Waals surface area contributed by atoms with Crippen molar-refractivity contribution in [2.45, 2.75) is 31.2 Å². The molecule has 2 N–H and O–H groups in total. The zero-order chi connectivity index (χ0) is 27.7. The van der Waals surface area contributed by atoms with Gasteiger partial charge in [0.1, 0.15) is 11.6 Å². The Labute approximate surface area is 230 Å². The van der Waals surface area contributed by atoms with E-state index in [4.69, 9.17) is 0 Å². The number of hydrogen-bond donors (Lipinski definition) is 2. The van der Waals surface area contributed by atoms with Gasteiger partial charge in [-0.1, -0.05) is 0 Å². The first-order valence-corrected chi connectivity index (χ1v) is 14.5. The molecule has 0 spiro atoms. The van der Waals surface area contributed by atoms with E-state index in [2.05, 4.69) is 43.2 Å². The molecular formula is C29H34FN7OS. The average Bonchev–Trinajstić information content (AvgIpc) is 2.95. The summed E-state index contributed by atoms with van der Waals surface area (Å²) in [5, 5.41) is 6.53. The zero-order valence-corrected chi connectivity index (χ0v) is 22.9. The molecule has 2 unspecified atom stereocenters. The van der Waals surface area contributed by atoms with Crippen molar-refractivity contribution >= 4 is 39.9 Å². The zero-order valence-electron chi connectivity index (χ0n) is 22.1. The molecular weight excluding hydrogens is 513 g/mol. The number of hydrogen-bond acceptors (Lipinski definition) is 7. The summed E-state index contributed by atoms with van der Waals surface area (Å²) in [5.41, 5.74) is 2.85. The van der Waals surface area contributed by atoms with Crippen molar-refractivity contribution < 1.29 is 8.60 Å². The number of piperidine rings is 1. The average molecular weight is 548 g/mol. The number of halogens is 1. The second kappa shape index (κ2) is 13.4. The molecule has 1 aliphatic heterocycles. The first-order chi connectivity index (χ1) is 18.8. The van der Waals surface area contributed by atoms with Gasteiger partial charge >= 0.3 is 0 Å². The summed E-state index contributed by atoms with van der Waals surface area (Å²) in [5.74, 6) is 4.72. The van der Waals surface area contributed by atoms with Crippen LogP contribution < -0.4 is 10.6 Å². The predicted molar refractivity (Wildman–Crippen MR) is 159 cm³/mol. The van der Waals surface area contributed by atoms with E-state index in [0.717, 1.165) is 38.2 Å². The Morgan fingerprint density at radius 2 is 2.08 bits per heavy atom.